The Morgan fingerprint density at radius 1 is 0.500 bits per heavy atom. The largest absolute Gasteiger partial charge is 0.326 e. The van der Waals surface area contributed by atoms with E-state index in [2.05, 4.69) is 21.3 Å². The Bertz CT molecular complexity index is 941. The lowest BCUT2D eigenvalue weighted by Crippen LogP contribution is -2.13. The van der Waals surface area contributed by atoms with Gasteiger partial charge in [-0.3, -0.25) is 19.2 Å². The topological polar surface area (TPSA) is 116 Å². The molecule has 0 spiro atoms. The van der Waals surface area contributed by atoms with Crippen LogP contribution in [-0.2, 0) is 19.2 Å². The predicted octanol–water partition coefficient (Wildman–Crippen LogP) is 6.08. The molecule has 0 bridgehead atoms. The van der Waals surface area contributed by atoms with Gasteiger partial charge in [-0.2, -0.15) is 0 Å². The van der Waals surface area contributed by atoms with Gasteiger partial charge in [-0.25, -0.2) is 0 Å². The highest BCUT2D eigenvalue weighted by Gasteiger charge is 2.06. The van der Waals surface area contributed by atoms with E-state index in [-0.39, 0.29) is 23.6 Å². The number of amides is 4. The van der Waals surface area contributed by atoms with Crippen molar-refractivity contribution >= 4 is 46.4 Å². The minimum atomic E-state index is -0.0667. The third kappa shape index (κ3) is 11.6. The highest BCUT2D eigenvalue weighted by atomic mass is 16.2. The van der Waals surface area contributed by atoms with Gasteiger partial charge >= 0.3 is 0 Å². The fourth-order valence-corrected chi connectivity index (χ4v) is 3.57. The molecule has 2 aromatic carbocycles. The van der Waals surface area contributed by atoms with E-state index in [1.165, 1.54) is 0 Å². The van der Waals surface area contributed by atoms with Gasteiger partial charge in [-0.05, 0) is 49.2 Å². The summed E-state index contributed by atoms with van der Waals surface area (Å²) >= 11 is 0. The lowest BCUT2D eigenvalue weighted by molar-refractivity contribution is -0.117. The zero-order valence-electron chi connectivity index (χ0n) is 21.3. The number of unbranched alkanes of at least 4 members (excludes halogenated alkanes) is 5. The number of rotatable bonds is 15. The molecule has 0 aliphatic rings. The van der Waals surface area contributed by atoms with Gasteiger partial charge in [0, 0.05) is 48.4 Å². The molecule has 0 atom stereocenters. The monoisotopic (exact) mass is 494 g/mol. The van der Waals surface area contributed by atoms with Crippen LogP contribution < -0.4 is 21.3 Å². The van der Waals surface area contributed by atoms with Gasteiger partial charge in [0.2, 0.25) is 23.6 Å². The molecule has 2 aromatic rings. The SMILES string of the molecule is CCC(=O)Nc1cccc(NC(=O)CCCCCCCCC(=O)Nc2cccc(NC(=O)CC)c2)c1. The number of nitrogens with one attached hydrogen (secondary N) is 4. The van der Waals surface area contributed by atoms with Crippen LogP contribution in [0, 0.1) is 0 Å². The number of anilines is 4. The van der Waals surface area contributed by atoms with Crippen molar-refractivity contribution < 1.29 is 19.2 Å². The molecular formula is C28H38N4O4. The minimum absolute atomic E-state index is 0.0380. The van der Waals surface area contributed by atoms with E-state index in [0.29, 0.717) is 48.4 Å². The van der Waals surface area contributed by atoms with Gasteiger partial charge in [-0.1, -0.05) is 51.7 Å². The van der Waals surface area contributed by atoms with Crippen LogP contribution in [0.2, 0.25) is 0 Å². The summed E-state index contributed by atoms with van der Waals surface area (Å²) in [5, 5.41) is 11.3. The second-order valence-corrected chi connectivity index (χ2v) is 8.68. The second-order valence-electron chi connectivity index (χ2n) is 8.68. The van der Waals surface area contributed by atoms with Gasteiger partial charge in [0.1, 0.15) is 0 Å². The summed E-state index contributed by atoms with van der Waals surface area (Å²) in [4.78, 5) is 47.4. The van der Waals surface area contributed by atoms with E-state index in [4.69, 9.17) is 0 Å². The van der Waals surface area contributed by atoms with Crippen LogP contribution in [0.4, 0.5) is 22.7 Å². The van der Waals surface area contributed by atoms with Crippen molar-refractivity contribution in [3.05, 3.63) is 48.5 Å². The molecule has 0 heterocycles. The van der Waals surface area contributed by atoms with Crippen LogP contribution in [0.5, 0.6) is 0 Å². The molecule has 8 heteroatoms. The Hall–Kier alpha value is -3.68. The lowest BCUT2D eigenvalue weighted by Gasteiger charge is -2.09. The average molecular weight is 495 g/mol. The molecule has 0 aliphatic heterocycles. The number of carbonyl (C=O) groups excluding carboxylic acids is 4. The average Bonchev–Trinajstić information content (AvgIpc) is 2.85. The molecule has 4 N–H and O–H groups in total. The third-order valence-electron chi connectivity index (χ3n) is 5.56. The van der Waals surface area contributed by atoms with Crippen molar-refractivity contribution in [1.29, 1.82) is 0 Å². The standard InChI is InChI=1S/C28H38N4O4/c1-3-25(33)29-21-13-11-15-23(19-21)31-27(35)17-9-7-5-6-8-10-18-28(36)32-24-16-12-14-22(20-24)30-26(34)4-2/h11-16,19-20H,3-10,17-18H2,1-2H3,(H,29,33)(H,30,34)(H,31,35)(H,32,36). The van der Waals surface area contributed by atoms with Crippen molar-refractivity contribution in [2.24, 2.45) is 0 Å². The molecule has 0 aliphatic carbocycles. The molecule has 8 nitrogen and oxygen atoms in total. The van der Waals surface area contributed by atoms with Gasteiger partial charge < -0.3 is 21.3 Å². The van der Waals surface area contributed by atoms with E-state index in [0.717, 1.165) is 38.5 Å². The maximum absolute atomic E-state index is 12.2. The minimum Gasteiger partial charge on any atom is -0.326 e. The predicted molar refractivity (Wildman–Crippen MR) is 145 cm³/mol. The van der Waals surface area contributed by atoms with Crippen molar-refractivity contribution in [2.75, 3.05) is 21.3 Å². The molecular weight excluding hydrogens is 456 g/mol. The summed E-state index contributed by atoms with van der Waals surface area (Å²) in [6.45, 7) is 3.58. The first-order valence-electron chi connectivity index (χ1n) is 12.8. The maximum atomic E-state index is 12.2. The van der Waals surface area contributed by atoms with Gasteiger partial charge in [-0.15, -0.1) is 0 Å². The quantitative estimate of drug-likeness (QED) is 0.224. The Balaban J connectivity index is 1.54. The molecule has 0 saturated heterocycles. The van der Waals surface area contributed by atoms with Crippen LogP contribution in [0.25, 0.3) is 0 Å². The van der Waals surface area contributed by atoms with Gasteiger partial charge in [0.15, 0.2) is 0 Å². The summed E-state index contributed by atoms with van der Waals surface area (Å²) in [5.41, 5.74) is 2.68. The normalized spacial score (nSPS) is 10.4. The summed E-state index contributed by atoms with van der Waals surface area (Å²) in [6.07, 6.45) is 7.29. The Labute approximate surface area is 213 Å². The van der Waals surface area contributed by atoms with Crippen LogP contribution in [-0.4, -0.2) is 23.6 Å². The molecule has 194 valence electrons. The molecule has 0 fully saturated rings. The number of carbonyl (C=O) groups is 4. The van der Waals surface area contributed by atoms with Crippen molar-refractivity contribution in [1.82, 2.24) is 0 Å². The summed E-state index contributed by atoms with van der Waals surface area (Å²) in [7, 11) is 0. The smallest absolute Gasteiger partial charge is 0.224 e. The lowest BCUT2D eigenvalue weighted by atomic mass is 10.1. The number of benzene rings is 2. The molecule has 2 rings (SSSR count). The van der Waals surface area contributed by atoms with Crippen LogP contribution in [0.1, 0.15) is 78.1 Å². The highest BCUT2D eigenvalue weighted by molar-refractivity contribution is 5.94. The zero-order chi connectivity index (χ0) is 26.2. The molecule has 4 amide bonds. The van der Waals surface area contributed by atoms with Crippen LogP contribution in [0.3, 0.4) is 0 Å². The van der Waals surface area contributed by atoms with Gasteiger partial charge in [0.05, 0.1) is 0 Å². The summed E-state index contributed by atoms with van der Waals surface area (Å²) in [6, 6.07) is 14.3. The van der Waals surface area contributed by atoms with E-state index in [1.807, 2.05) is 0 Å². The molecule has 36 heavy (non-hydrogen) atoms. The zero-order valence-corrected chi connectivity index (χ0v) is 21.3. The Morgan fingerprint density at radius 2 is 0.806 bits per heavy atom. The summed E-state index contributed by atoms with van der Waals surface area (Å²) in [5.74, 6) is -0.209. The maximum Gasteiger partial charge on any atom is 0.224 e. The van der Waals surface area contributed by atoms with E-state index in [1.54, 1.807) is 62.4 Å². The molecule has 0 unspecified atom stereocenters. The molecule has 0 saturated carbocycles. The number of hydrogen-bond donors (Lipinski definition) is 4. The number of hydrogen-bond acceptors (Lipinski definition) is 4. The Kier molecular flexibility index (Phi) is 12.8. The fourth-order valence-electron chi connectivity index (χ4n) is 3.57. The third-order valence-corrected chi connectivity index (χ3v) is 5.56. The fraction of sp³-hybridized carbons (Fsp3) is 0.429. The molecule has 0 aromatic heterocycles. The Morgan fingerprint density at radius 3 is 1.14 bits per heavy atom. The van der Waals surface area contributed by atoms with Crippen molar-refractivity contribution in [3.8, 4) is 0 Å². The van der Waals surface area contributed by atoms with Crippen LogP contribution in [0.15, 0.2) is 48.5 Å². The first kappa shape index (κ1) is 28.6. The summed E-state index contributed by atoms with van der Waals surface area (Å²) < 4.78 is 0. The van der Waals surface area contributed by atoms with Crippen LogP contribution >= 0.6 is 0 Å². The second kappa shape index (κ2) is 16.1. The first-order valence-corrected chi connectivity index (χ1v) is 12.8. The van der Waals surface area contributed by atoms with E-state index >= 15 is 0 Å². The molecule has 0 radical (unpaired) electrons. The first-order chi connectivity index (χ1) is 17.4. The van der Waals surface area contributed by atoms with Crippen molar-refractivity contribution in [2.45, 2.75) is 78.1 Å². The van der Waals surface area contributed by atoms with Gasteiger partial charge in [0.25, 0.3) is 0 Å². The van der Waals surface area contributed by atoms with Crippen molar-refractivity contribution in [3.63, 3.8) is 0 Å². The van der Waals surface area contributed by atoms with E-state index in [9.17, 15) is 19.2 Å². The highest BCUT2D eigenvalue weighted by Crippen LogP contribution is 2.18. The van der Waals surface area contributed by atoms with E-state index < -0.39 is 0 Å².